The Hall–Kier alpha value is -4.01. The number of nitrogens with two attached hydrogens (primary N) is 1. The first-order valence-corrected chi connectivity index (χ1v) is 15.6. The highest BCUT2D eigenvalue weighted by Crippen LogP contribution is 2.20. The molecule has 0 spiro atoms. The molecule has 1 saturated heterocycles. The summed E-state index contributed by atoms with van der Waals surface area (Å²) in [6, 6.07) is 22.3. The van der Waals surface area contributed by atoms with Crippen LogP contribution in [0.5, 0.6) is 0 Å². The molecule has 0 bridgehead atoms. The maximum absolute atomic E-state index is 14.4. The quantitative estimate of drug-likeness (QED) is 0.300. The highest BCUT2D eigenvalue weighted by molar-refractivity contribution is 5.95. The van der Waals surface area contributed by atoms with Gasteiger partial charge in [0.2, 0.25) is 11.8 Å². The van der Waals surface area contributed by atoms with E-state index in [9.17, 15) is 14.4 Å². The van der Waals surface area contributed by atoms with E-state index < -0.39 is 17.6 Å². The Kier molecular flexibility index (Phi) is 11.3. The minimum atomic E-state index is -0.828. The molecule has 8 heteroatoms. The van der Waals surface area contributed by atoms with Gasteiger partial charge in [0.1, 0.15) is 12.1 Å². The molecule has 1 aliphatic heterocycles. The number of amides is 3. The summed E-state index contributed by atoms with van der Waals surface area (Å²) in [5.74, 6) is -0.814. The number of hydrazine groups is 1. The third-order valence-electron chi connectivity index (χ3n) is 8.26. The molecule has 8 nitrogen and oxygen atoms in total. The molecule has 1 heterocycles. The van der Waals surface area contributed by atoms with Crippen molar-refractivity contribution < 1.29 is 14.4 Å². The molecule has 234 valence electrons. The molecule has 1 fully saturated rings. The molecule has 3 aromatic carbocycles. The number of nitrogens with one attached hydrogen (secondary N) is 1. The summed E-state index contributed by atoms with van der Waals surface area (Å²) in [5.41, 5.74) is 10.6. The Labute approximate surface area is 261 Å². The van der Waals surface area contributed by atoms with E-state index >= 15 is 0 Å². The third kappa shape index (κ3) is 9.24. The second kappa shape index (κ2) is 15.1. The van der Waals surface area contributed by atoms with Crippen molar-refractivity contribution in [3.8, 4) is 0 Å². The van der Waals surface area contributed by atoms with Gasteiger partial charge in [-0.15, -0.1) is 0 Å². The standard InChI is InChI=1S/C36H47N5O3/c1-36(2,37)21-13-18-33(42)39(3)32(26-28-19-20-29-16-9-10-17-30(29)24-28)35(44)40(4)31(25-27-14-7-5-8-15-27)34(43)38-41-22-11-6-12-23-41/h5,7-10,13-20,24,31-32H,6,11-12,21-23,25-26,37H2,1-4H3,(H,38,43)/t31-,32-/m1/s1. The first kappa shape index (κ1) is 32.9. The lowest BCUT2D eigenvalue weighted by molar-refractivity contribution is -0.147. The van der Waals surface area contributed by atoms with E-state index in [1.54, 1.807) is 20.2 Å². The molecule has 0 radical (unpaired) electrons. The lowest BCUT2D eigenvalue weighted by atomic mass is 9.98. The SMILES string of the molecule is CN(C(=O)C=CCC(C)(C)N)[C@H](Cc1ccc2ccccc2c1)C(=O)N(C)[C@H](Cc1ccccc1)C(=O)NN1CCCCC1. The second-order valence-corrected chi connectivity index (χ2v) is 12.6. The van der Waals surface area contributed by atoms with Gasteiger partial charge in [-0.05, 0) is 61.1 Å². The smallest absolute Gasteiger partial charge is 0.257 e. The number of carbonyl (C=O) groups excluding carboxylic acids is 3. The fourth-order valence-corrected chi connectivity index (χ4v) is 5.58. The van der Waals surface area contributed by atoms with Crippen LogP contribution in [0, 0.1) is 0 Å². The van der Waals surface area contributed by atoms with Gasteiger partial charge in [-0.25, -0.2) is 5.01 Å². The molecule has 3 N–H and O–H groups in total. The van der Waals surface area contributed by atoms with Crippen LogP contribution in [0.2, 0.25) is 0 Å². The van der Waals surface area contributed by atoms with E-state index in [1.807, 2.05) is 85.6 Å². The minimum absolute atomic E-state index is 0.227. The number of piperidine rings is 1. The lowest BCUT2D eigenvalue weighted by Gasteiger charge is -2.36. The molecule has 44 heavy (non-hydrogen) atoms. The van der Waals surface area contributed by atoms with E-state index in [0.29, 0.717) is 19.3 Å². The van der Waals surface area contributed by atoms with E-state index in [-0.39, 0.29) is 17.7 Å². The van der Waals surface area contributed by atoms with Gasteiger partial charge in [0.25, 0.3) is 5.91 Å². The van der Waals surface area contributed by atoms with Crippen LogP contribution in [0.25, 0.3) is 10.8 Å². The van der Waals surface area contributed by atoms with E-state index in [1.165, 1.54) is 15.9 Å². The molecular formula is C36H47N5O3. The Bertz CT molecular complexity index is 1440. The zero-order valence-corrected chi connectivity index (χ0v) is 26.5. The van der Waals surface area contributed by atoms with Crippen molar-refractivity contribution in [1.29, 1.82) is 0 Å². The Morgan fingerprint density at radius 3 is 2.16 bits per heavy atom. The lowest BCUT2D eigenvalue weighted by Crippen LogP contribution is -2.58. The Morgan fingerprint density at radius 1 is 0.841 bits per heavy atom. The summed E-state index contributed by atoms with van der Waals surface area (Å²) in [4.78, 5) is 44.6. The fraction of sp³-hybridized carbons (Fsp3) is 0.417. The summed E-state index contributed by atoms with van der Waals surface area (Å²) < 4.78 is 0. The Balaban J connectivity index is 1.63. The molecule has 2 atom stereocenters. The number of carbonyl (C=O) groups is 3. The molecule has 3 amide bonds. The topological polar surface area (TPSA) is 99.0 Å². The molecule has 4 rings (SSSR count). The monoisotopic (exact) mass is 597 g/mol. The van der Waals surface area contributed by atoms with Gasteiger partial charge >= 0.3 is 0 Å². The van der Waals surface area contributed by atoms with E-state index in [4.69, 9.17) is 5.73 Å². The zero-order valence-electron chi connectivity index (χ0n) is 26.5. The Morgan fingerprint density at radius 2 is 1.48 bits per heavy atom. The number of nitrogens with zero attached hydrogens (tertiary/aromatic N) is 3. The second-order valence-electron chi connectivity index (χ2n) is 12.6. The summed E-state index contributed by atoms with van der Waals surface area (Å²) in [6.07, 6.45) is 7.61. The molecule has 1 aliphatic rings. The zero-order chi connectivity index (χ0) is 31.7. The van der Waals surface area contributed by atoms with Crippen molar-refractivity contribution >= 4 is 28.5 Å². The number of likely N-dealkylation sites (N-methyl/N-ethyl adjacent to an activating group) is 2. The number of hydrogen-bond donors (Lipinski definition) is 2. The van der Waals surface area contributed by atoms with Gasteiger partial charge in [0.15, 0.2) is 0 Å². The number of benzene rings is 3. The number of hydrogen-bond acceptors (Lipinski definition) is 5. The summed E-state index contributed by atoms with van der Waals surface area (Å²) in [5, 5.41) is 4.12. The fourth-order valence-electron chi connectivity index (χ4n) is 5.58. The van der Waals surface area contributed by atoms with Crippen LogP contribution in [0.3, 0.4) is 0 Å². The average molecular weight is 598 g/mol. The molecule has 3 aromatic rings. The van der Waals surface area contributed by atoms with Crippen LogP contribution in [-0.2, 0) is 27.2 Å². The molecule has 0 aliphatic carbocycles. The van der Waals surface area contributed by atoms with Crippen LogP contribution < -0.4 is 11.2 Å². The first-order valence-electron chi connectivity index (χ1n) is 15.6. The van der Waals surface area contributed by atoms with Crippen molar-refractivity contribution in [2.24, 2.45) is 5.73 Å². The van der Waals surface area contributed by atoms with Gasteiger partial charge in [0.05, 0.1) is 0 Å². The van der Waals surface area contributed by atoms with Crippen molar-refractivity contribution in [2.45, 2.75) is 70.0 Å². The summed E-state index contributed by atoms with van der Waals surface area (Å²) in [7, 11) is 3.32. The predicted octanol–water partition coefficient (Wildman–Crippen LogP) is 4.48. The molecule has 0 unspecified atom stereocenters. The van der Waals surface area contributed by atoms with Crippen molar-refractivity contribution in [3.05, 3.63) is 96.1 Å². The van der Waals surface area contributed by atoms with Gasteiger partial charge in [-0.2, -0.15) is 0 Å². The largest absolute Gasteiger partial charge is 0.332 e. The van der Waals surface area contributed by atoms with Crippen LogP contribution in [0.1, 0.15) is 50.7 Å². The van der Waals surface area contributed by atoms with Crippen molar-refractivity contribution in [1.82, 2.24) is 20.2 Å². The average Bonchev–Trinajstić information content (AvgIpc) is 3.01. The molecule has 0 saturated carbocycles. The van der Waals surface area contributed by atoms with Crippen LogP contribution >= 0.6 is 0 Å². The first-order chi connectivity index (χ1) is 21.0. The van der Waals surface area contributed by atoms with Crippen LogP contribution in [0.4, 0.5) is 0 Å². The normalized spacial score (nSPS) is 15.6. The maximum atomic E-state index is 14.4. The van der Waals surface area contributed by atoms with E-state index in [2.05, 4.69) is 11.5 Å². The third-order valence-corrected chi connectivity index (χ3v) is 8.26. The van der Waals surface area contributed by atoms with Crippen molar-refractivity contribution in [2.75, 3.05) is 27.2 Å². The van der Waals surface area contributed by atoms with Gasteiger partial charge in [-0.1, -0.05) is 85.3 Å². The highest BCUT2D eigenvalue weighted by Gasteiger charge is 2.35. The van der Waals surface area contributed by atoms with Crippen LogP contribution in [0.15, 0.2) is 84.9 Å². The van der Waals surface area contributed by atoms with Crippen molar-refractivity contribution in [3.63, 3.8) is 0 Å². The van der Waals surface area contributed by atoms with E-state index in [0.717, 1.165) is 54.3 Å². The predicted molar refractivity (Wildman–Crippen MR) is 177 cm³/mol. The molecule has 0 aromatic heterocycles. The van der Waals surface area contributed by atoms with Gasteiger partial charge < -0.3 is 15.5 Å². The molecular weight excluding hydrogens is 550 g/mol. The van der Waals surface area contributed by atoms with Gasteiger partial charge in [0, 0.05) is 45.6 Å². The summed E-state index contributed by atoms with van der Waals surface area (Å²) >= 11 is 0. The number of fused-ring (bicyclic) bond motifs is 1. The highest BCUT2D eigenvalue weighted by atomic mass is 16.2. The summed E-state index contributed by atoms with van der Waals surface area (Å²) in [6.45, 7) is 5.37. The maximum Gasteiger partial charge on any atom is 0.257 e. The minimum Gasteiger partial charge on any atom is -0.332 e. The number of rotatable bonds is 12. The van der Waals surface area contributed by atoms with Crippen LogP contribution in [-0.4, -0.2) is 77.3 Å². The van der Waals surface area contributed by atoms with Gasteiger partial charge in [-0.3, -0.25) is 19.8 Å².